The zero-order valence-corrected chi connectivity index (χ0v) is 14.9. The Balaban J connectivity index is 1.56. The molecule has 0 aliphatic heterocycles. The zero-order chi connectivity index (χ0) is 17.6. The number of amides is 2. The van der Waals surface area contributed by atoms with Crippen LogP contribution in [0.2, 0.25) is 5.02 Å². The molecule has 132 valence electrons. The van der Waals surface area contributed by atoms with Crippen molar-refractivity contribution < 1.29 is 4.79 Å². The summed E-state index contributed by atoms with van der Waals surface area (Å²) in [4.78, 5) is 12.0. The maximum absolute atomic E-state index is 12.0. The summed E-state index contributed by atoms with van der Waals surface area (Å²) < 4.78 is 0. The monoisotopic (exact) mass is 359 g/mol. The van der Waals surface area contributed by atoms with E-state index >= 15 is 0 Å². The van der Waals surface area contributed by atoms with E-state index in [0.717, 1.165) is 24.1 Å². The molecule has 6 nitrogen and oxygen atoms in total. The van der Waals surface area contributed by atoms with Crippen LogP contribution >= 0.6 is 11.6 Å². The van der Waals surface area contributed by atoms with Crippen molar-refractivity contribution in [2.75, 3.05) is 10.6 Å². The lowest BCUT2D eigenvalue weighted by Crippen LogP contribution is -2.39. The molecule has 0 unspecified atom stereocenters. The number of hydrogen-bond acceptors (Lipinski definition) is 4. The van der Waals surface area contributed by atoms with Gasteiger partial charge >= 0.3 is 6.03 Å². The summed E-state index contributed by atoms with van der Waals surface area (Å²) in [5, 5.41) is 17.7. The number of halogens is 1. The number of carbonyl (C=O) groups is 1. The standard InChI is InChI=1S/C18H22ClN5O/c1-12-14(19)8-5-9-15(12)21-16-10-11-17(24-23-16)22-18(25)20-13-6-3-2-4-7-13/h5,8-11,13H,2-4,6-7H2,1H3,(H,21,23)(H2,20,22,24,25). The first kappa shape index (κ1) is 17.5. The largest absolute Gasteiger partial charge is 0.338 e. The Morgan fingerprint density at radius 2 is 1.80 bits per heavy atom. The van der Waals surface area contributed by atoms with Gasteiger partial charge in [-0.15, -0.1) is 10.2 Å². The van der Waals surface area contributed by atoms with Crippen LogP contribution in [0.1, 0.15) is 37.7 Å². The first-order valence-electron chi connectivity index (χ1n) is 8.55. The van der Waals surface area contributed by atoms with Gasteiger partial charge in [-0.05, 0) is 49.6 Å². The number of carbonyl (C=O) groups excluding carboxylic acids is 1. The number of urea groups is 1. The van der Waals surface area contributed by atoms with Gasteiger partial charge in [0.2, 0.25) is 0 Å². The van der Waals surface area contributed by atoms with Gasteiger partial charge in [-0.1, -0.05) is 36.9 Å². The highest BCUT2D eigenvalue weighted by molar-refractivity contribution is 6.31. The van der Waals surface area contributed by atoms with Gasteiger partial charge < -0.3 is 10.6 Å². The molecular formula is C18H22ClN5O. The second-order valence-corrected chi connectivity index (χ2v) is 6.68. The molecule has 1 aromatic carbocycles. The van der Waals surface area contributed by atoms with Crippen LogP contribution < -0.4 is 16.0 Å². The van der Waals surface area contributed by atoms with Crippen LogP contribution in [0, 0.1) is 6.92 Å². The Bertz CT molecular complexity index is 729. The summed E-state index contributed by atoms with van der Waals surface area (Å²) in [5.41, 5.74) is 1.82. The molecule has 1 fully saturated rings. The minimum Gasteiger partial charge on any atom is -0.338 e. The van der Waals surface area contributed by atoms with Crippen LogP contribution in [-0.4, -0.2) is 22.3 Å². The molecule has 1 aromatic heterocycles. The predicted molar refractivity (Wildman–Crippen MR) is 101 cm³/mol. The SMILES string of the molecule is Cc1c(Cl)cccc1Nc1ccc(NC(=O)NC2CCCCC2)nn1. The normalized spacial score (nSPS) is 14.8. The van der Waals surface area contributed by atoms with Crippen molar-refractivity contribution in [1.29, 1.82) is 0 Å². The maximum Gasteiger partial charge on any atom is 0.320 e. The highest BCUT2D eigenvalue weighted by Gasteiger charge is 2.15. The third kappa shape index (κ3) is 4.82. The molecule has 0 saturated heterocycles. The van der Waals surface area contributed by atoms with Crippen molar-refractivity contribution in [1.82, 2.24) is 15.5 Å². The minimum atomic E-state index is -0.229. The van der Waals surface area contributed by atoms with E-state index in [2.05, 4.69) is 26.1 Å². The van der Waals surface area contributed by atoms with Crippen molar-refractivity contribution in [3.8, 4) is 0 Å². The number of aromatic nitrogens is 2. The Hall–Kier alpha value is -2.34. The molecule has 25 heavy (non-hydrogen) atoms. The van der Waals surface area contributed by atoms with Crippen LogP contribution in [0.5, 0.6) is 0 Å². The Labute approximate surface area is 152 Å². The molecule has 0 bridgehead atoms. The van der Waals surface area contributed by atoms with Gasteiger partial charge in [0.1, 0.15) is 0 Å². The van der Waals surface area contributed by atoms with Crippen LogP contribution in [0.25, 0.3) is 0 Å². The van der Waals surface area contributed by atoms with Gasteiger partial charge in [0.25, 0.3) is 0 Å². The van der Waals surface area contributed by atoms with Crippen molar-refractivity contribution in [3.05, 3.63) is 40.9 Å². The van der Waals surface area contributed by atoms with Crippen molar-refractivity contribution in [2.24, 2.45) is 0 Å². The molecule has 3 N–H and O–H groups in total. The van der Waals surface area contributed by atoms with E-state index in [1.165, 1.54) is 19.3 Å². The Kier molecular flexibility index (Phi) is 5.71. The fourth-order valence-electron chi connectivity index (χ4n) is 2.93. The summed E-state index contributed by atoms with van der Waals surface area (Å²) in [7, 11) is 0. The van der Waals surface area contributed by atoms with Crippen LogP contribution in [0.3, 0.4) is 0 Å². The number of benzene rings is 1. The van der Waals surface area contributed by atoms with E-state index in [1.807, 2.05) is 25.1 Å². The molecule has 2 aromatic rings. The highest BCUT2D eigenvalue weighted by Crippen LogP contribution is 2.25. The number of nitrogens with one attached hydrogen (secondary N) is 3. The van der Waals surface area contributed by atoms with Crippen LogP contribution in [-0.2, 0) is 0 Å². The van der Waals surface area contributed by atoms with Gasteiger partial charge in [-0.25, -0.2) is 4.79 Å². The predicted octanol–water partition coefficient (Wildman–Crippen LogP) is 4.64. The van der Waals surface area contributed by atoms with E-state index in [9.17, 15) is 4.79 Å². The van der Waals surface area contributed by atoms with E-state index < -0.39 is 0 Å². The second-order valence-electron chi connectivity index (χ2n) is 6.27. The second kappa shape index (κ2) is 8.16. The lowest BCUT2D eigenvalue weighted by molar-refractivity contribution is 0.244. The first-order valence-corrected chi connectivity index (χ1v) is 8.93. The molecule has 1 aliphatic carbocycles. The number of nitrogens with zero attached hydrogens (tertiary/aromatic N) is 2. The third-order valence-electron chi connectivity index (χ3n) is 4.38. The molecule has 0 atom stereocenters. The zero-order valence-electron chi connectivity index (χ0n) is 14.2. The van der Waals surface area contributed by atoms with Crippen molar-refractivity contribution in [3.63, 3.8) is 0 Å². The third-order valence-corrected chi connectivity index (χ3v) is 4.79. The summed E-state index contributed by atoms with van der Waals surface area (Å²) in [5.74, 6) is 1.00. The smallest absolute Gasteiger partial charge is 0.320 e. The molecule has 2 amide bonds. The lowest BCUT2D eigenvalue weighted by Gasteiger charge is -2.22. The summed E-state index contributed by atoms with van der Waals surface area (Å²) in [6.45, 7) is 1.93. The van der Waals surface area contributed by atoms with Gasteiger partial charge in [0, 0.05) is 16.8 Å². The molecule has 3 rings (SSSR count). The molecular weight excluding hydrogens is 338 g/mol. The van der Waals surface area contributed by atoms with E-state index in [4.69, 9.17) is 11.6 Å². The quantitative estimate of drug-likeness (QED) is 0.743. The van der Waals surface area contributed by atoms with Gasteiger partial charge in [-0.2, -0.15) is 0 Å². The Morgan fingerprint density at radius 1 is 1.08 bits per heavy atom. The van der Waals surface area contributed by atoms with Gasteiger partial charge in [-0.3, -0.25) is 5.32 Å². The molecule has 1 heterocycles. The molecule has 1 aliphatic rings. The highest BCUT2D eigenvalue weighted by atomic mass is 35.5. The van der Waals surface area contributed by atoms with Crippen molar-refractivity contribution in [2.45, 2.75) is 45.1 Å². The fourth-order valence-corrected chi connectivity index (χ4v) is 3.11. The van der Waals surface area contributed by atoms with E-state index in [-0.39, 0.29) is 12.1 Å². The number of anilines is 3. The molecule has 0 radical (unpaired) electrons. The lowest BCUT2D eigenvalue weighted by atomic mass is 9.96. The van der Waals surface area contributed by atoms with Crippen LogP contribution in [0.4, 0.5) is 22.1 Å². The van der Waals surface area contributed by atoms with E-state index in [1.54, 1.807) is 12.1 Å². The summed E-state index contributed by atoms with van der Waals surface area (Å²) >= 11 is 6.11. The van der Waals surface area contributed by atoms with E-state index in [0.29, 0.717) is 16.7 Å². The molecule has 1 saturated carbocycles. The number of hydrogen-bond donors (Lipinski definition) is 3. The summed E-state index contributed by atoms with van der Waals surface area (Å²) in [6.07, 6.45) is 5.69. The topological polar surface area (TPSA) is 78.9 Å². The Morgan fingerprint density at radius 3 is 2.52 bits per heavy atom. The number of rotatable bonds is 4. The first-order chi connectivity index (χ1) is 12.1. The minimum absolute atomic E-state index is 0.229. The molecule has 0 spiro atoms. The average Bonchev–Trinajstić information content (AvgIpc) is 2.61. The van der Waals surface area contributed by atoms with Gasteiger partial charge in [0.15, 0.2) is 11.6 Å². The summed E-state index contributed by atoms with van der Waals surface area (Å²) in [6, 6.07) is 9.15. The van der Waals surface area contributed by atoms with Gasteiger partial charge in [0.05, 0.1) is 0 Å². The van der Waals surface area contributed by atoms with Crippen molar-refractivity contribution >= 4 is 35.0 Å². The van der Waals surface area contributed by atoms with Crippen LogP contribution in [0.15, 0.2) is 30.3 Å². The maximum atomic E-state index is 12.0. The fraction of sp³-hybridized carbons (Fsp3) is 0.389. The average molecular weight is 360 g/mol. The molecule has 7 heteroatoms.